The van der Waals surface area contributed by atoms with Gasteiger partial charge in [0.2, 0.25) is 0 Å². The lowest BCUT2D eigenvalue weighted by Crippen LogP contribution is -1.97. The molecule has 1 heterocycles. The molecule has 0 radical (unpaired) electrons. The van der Waals surface area contributed by atoms with E-state index < -0.39 is 12.8 Å². The summed E-state index contributed by atoms with van der Waals surface area (Å²) in [4.78, 5) is 0. The SMILES string of the molecule is CCn1cc(C(O)CF)cn1. The number of hydrogen-bond donors (Lipinski definition) is 1. The zero-order valence-electron chi connectivity index (χ0n) is 6.37. The van der Waals surface area contributed by atoms with Crippen LogP contribution in [0.2, 0.25) is 0 Å². The van der Waals surface area contributed by atoms with Crippen LogP contribution in [-0.4, -0.2) is 21.6 Å². The first-order chi connectivity index (χ1) is 5.27. The van der Waals surface area contributed by atoms with Gasteiger partial charge in [-0.3, -0.25) is 4.68 Å². The van der Waals surface area contributed by atoms with Crippen molar-refractivity contribution in [3.63, 3.8) is 0 Å². The number of rotatable bonds is 3. The molecule has 0 aromatic carbocycles. The van der Waals surface area contributed by atoms with Crippen molar-refractivity contribution in [1.29, 1.82) is 0 Å². The van der Waals surface area contributed by atoms with Gasteiger partial charge in [-0.05, 0) is 6.92 Å². The molecule has 11 heavy (non-hydrogen) atoms. The van der Waals surface area contributed by atoms with Crippen LogP contribution in [0.25, 0.3) is 0 Å². The second-order valence-electron chi connectivity index (χ2n) is 2.30. The molecule has 4 heteroatoms. The molecule has 3 nitrogen and oxygen atoms in total. The summed E-state index contributed by atoms with van der Waals surface area (Å²) < 4.78 is 13.5. The summed E-state index contributed by atoms with van der Waals surface area (Å²) in [5.74, 6) is 0. The summed E-state index contributed by atoms with van der Waals surface area (Å²) >= 11 is 0. The molecule has 1 aromatic heterocycles. The topological polar surface area (TPSA) is 38.0 Å². The van der Waals surface area contributed by atoms with E-state index in [1.54, 1.807) is 10.9 Å². The summed E-state index contributed by atoms with van der Waals surface area (Å²) in [6.07, 6.45) is 2.10. The Bertz CT molecular complexity index is 224. The van der Waals surface area contributed by atoms with Crippen molar-refractivity contribution in [2.24, 2.45) is 0 Å². The first-order valence-electron chi connectivity index (χ1n) is 3.54. The van der Waals surface area contributed by atoms with E-state index in [2.05, 4.69) is 5.10 Å². The fourth-order valence-corrected chi connectivity index (χ4v) is 0.814. The zero-order chi connectivity index (χ0) is 8.27. The summed E-state index contributed by atoms with van der Waals surface area (Å²) in [5, 5.41) is 12.9. The highest BCUT2D eigenvalue weighted by Gasteiger charge is 2.07. The molecule has 0 saturated heterocycles. The molecule has 62 valence electrons. The van der Waals surface area contributed by atoms with Crippen LogP contribution in [0.4, 0.5) is 4.39 Å². The van der Waals surface area contributed by atoms with Crippen molar-refractivity contribution in [2.45, 2.75) is 19.6 Å². The molecule has 0 fully saturated rings. The van der Waals surface area contributed by atoms with Gasteiger partial charge in [0.05, 0.1) is 6.20 Å². The molecule has 0 spiro atoms. The van der Waals surface area contributed by atoms with E-state index >= 15 is 0 Å². The van der Waals surface area contributed by atoms with Crippen molar-refractivity contribution in [1.82, 2.24) is 9.78 Å². The van der Waals surface area contributed by atoms with E-state index in [-0.39, 0.29) is 0 Å². The molecule has 1 unspecified atom stereocenters. The van der Waals surface area contributed by atoms with Gasteiger partial charge in [0.1, 0.15) is 12.8 Å². The minimum absolute atomic E-state index is 0.536. The number of aliphatic hydroxyl groups excluding tert-OH is 1. The number of aromatic nitrogens is 2. The van der Waals surface area contributed by atoms with Gasteiger partial charge in [0.15, 0.2) is 0 Å². The van der Waals surface area contributed by atoms with Crippen LogP contribution in [0.15, 0.2) is 12.4 Å². The Morgan fingerprint density at radius 1 is 1.82 bits per heavy atom. The first kappa shape index (κ1) is 8.20. The van der Waals surface area contributed by atoms with Crippen LogP contribution in [0.1, 0.15) is 18.6 Å². The highest BCUT2D eigenvalue weighted by atomic mass is 19.1. The predicted molar refractivity (Wildman–Crippen MR) is 38.8 cm³/mol. The highest BCUT2D eigenvalue weighted by molar-refractivity contribution is 5.07. The number of aliphatic hydroxyl groups is 1. The Hall–Kier alpha value is -0.900. The van der Waals surface area contributed by atoms with Gasteiger partial charge in [-0.2, -0.15) is 5.10 Å². The standard InChI is InChI=1S/C7H11FN2O/c1-2-10-5-6(4-9-10)7(11)3-8/h4-5,7,11H,2-3H2,1H3. The minimum Gasteiger partial charge on any atom is -0.386 e. The second kappa shape index (κ2) is 3.48. The summed E-state index contributed by atoms with van der Waals surface area (Å²) in [5.41, 5.74) is 0.536. The number of aryl methyl sites for hydroxylation is 1. The molecule has 0 aliphatic carbocycles. The molecule has 1 N–H and O–H groups in total. The van der Waals surface area contributed by atoms with Gasteiger partial charge in [0, 0.05) is 18.3 Å². The fraction of sp³-hybridized carbons (Fsp3) is 0.571. The van der Waals surface area contributed by atoms with Crippen LogP contribution >= 0.6 is 0 Å². The number of nitrogens with zero attached hydrogens (tertiary/aromatic N) is 2. The van der Waals surface area contributed by atoms with Crippen molar-refractivity contribution < 1.29 is 9.50 Å². The Morgan fingerprint density at radius 2 is 2.55 bits per heavy atom. The van der Waals surface area contributed by atoms with Crippen molar-refractivity contribution >= 4 is 0 Å². The molecular formula is C7H11FN2O. The minimum atomic E-state index is -1.02. The fourth-order valence-electron chi connectivity index (χ4n) is 0.814. The largest absolute Gasteiger partial charge is 0.386 e. The Balaban J connectivity index is 2.71. The maximum atomic E-state index is 11.9. The smallest absolute Gasteiger partial charge is 0.120 e. The van der Waals surface area contributed by atoms with Gasteiger partial charge < -0.3 is 5.11 Å². The van der Waals surface area contributed by atoms with Crippen molar-refractivity contribution in [3.8, 4) is 0 Å². The average molecular weight is 158 g/mol. The summed E-state index contributed by atoms with van der Waals surface area (Å²) in [7, 11) is 0. The molecule has 1 aromatic rings. The molecule has 0 aliphatic rings. The van der Waals surface area contributed by atoms with Crippen LogP contribution in [0.3, 0.4) is 0 Å². The summed E-state index contributed by atoms with van der Waals surface area (Å²) in [6.45, 7) is 1.91. The van der Waals surface area contributed by atoms with Crippen molar-refractivity contribution in [2.75, 3.05) is 6.67 Å². The van der Waals surface area contributed by atoms with E-state index in [1.165, 1.54) is 6.20 Å². The van der Waals surface area contributed by atoms with Crippen molar-refractivity contribution in [3.05, 3.63) is 18.0 Å². The quantitative estimate of drug-likeness (QED) is 0.709. The Morgan fingerprint density at radius 3 is 3.00 bits per heavy atom. The van der Waals surface area contributed by atoms with Gasteiger partial charge >= 0.3 is 0 Å². The third-order valence-corrected chi connectivity index (χ3v) is 1.51. The molecule has 1 atom stereocenters. The second-order valence-corrected chi connectivity index (χ2v) is 2.30. The summed E-state index contributed by atoms with van der Waals surface area (Å²) in [6, 6.07) is 0. The monoisotopic (exact) mass is 158 g/mol. The lowest BCUT2D eigenvalue weighted by molar-refractivity contribution is 0.141. The third-order valence-electron chi connectivity index (χ3n) is 1.51. The molecular weight excluding hydrogens is 147 g/mol. The predicted octanol–water partition coefficient (Wildman–Crippen LogP) is 0.906. The van der Waals surface area contributed by atoms with E-state index in [0.29, 0.717) is 5.56 Å². The third kappa shape index (κ3) is 1.77. The first-order valence-corrected chi connectivity index (χ1v) is 3.54. The molecule has 0 aliphatic heterocycles. The molecule has 0 saturated carbocycles. The van der Waals surface area contributed by atoms with Gasteiger partial charge in [0.25, 0.3) is 0 Å². The maximum Gasteiger partial charge on any atom is 0.120 e. The van der Waals surface area contributed by atoms with Gasteiger partial charge in [-0.1, -0.05) is 0 Å². The lowest BCUT2D eigenvalue weighted by Gasteiger charge is -1.99. The van der Waals surface area contributed by atoms with Crippen LogP contribution in [0, 0.1) is 0 Å². The molecule has 1 rings (SSSR count). The number of hydrogen-bond acceptors (Lipinski definition) is 2. The Kier molecular flexibility index (Phi) is 2.59. The van der Waals surface area contributed by atoms with Crippen LogP contribution < -0.4 is 0 Å². The van der Waals surface area contributed by atoms with Gasteiger partial charge in [-0.15, -0.1) is 0 Å². The molecule has 0 amide bonds. The van der Waals surface area contributed by atoms with E-state index in [9.17, 15) is 4.39 Å². The Labute approximate surface area is 64.5 Å². The normalized spacial score (nSPS) is 13.4. The van der Waals surface area contributed by atoms with E-state index in [4.69, 9.17) is 5.11 Å². The number of halogens is 1. The average Bonchev–Trinajstić information content (AvgIpc) is 2.50. The van der Waals surface area contributed by atoms with E-state index in [0.717, 1.165) is 6.54 Å². The molecule has 0 bridgehead atoms. The maximum absolute atomic E-state index is 11.9. The van der Waals surface area contributed by atoms with E-state index in [1.807, 2.05) is 6.92 Å². The van der Waals surface area contributed by atoms with Crippen LogP contribution in [-0.2, 0) is 6.54 Å². The highest BCUT2D eigenvalue weighted by Crippen LogP contribution is 2.11. The van der Waals surface area contributed by atoms with Crippen LogP contribution in [0.5, 0.6) is 0 Å². The van der Waals surface area contributed by atoms with Gasteiger partial charge in [-0.25, -0.2) is 4.39 Å². The number of alkyl halides is 1. The zero-order valence-corrected chi connectivity index (χ0v) is 6.37. The lowest BCUT2D eigenvalue weighted by atomic mass is 10.2.